The normalized spacial score (nSPS) is 19.7. The predicted octanol–water partition coefficient (Wildman–Crippen LogP) is 4.33. The van der Waals surface area contributed by atoms with Crippen LogP contribution in [0.4, 0.5) is 0 Å². The fraction of sp³-hybridized carbons (Fsp3) is 0.571. The fourth-order valence-electron chi connectivity index (χ4n) is 4.90. The number of aromatic hydroxyl groups is 1. The monoisotopic (exact) mass is 550 g/mol. The van der Waals surface area contributed by atoms with Crippen LogP contribution in [0.15, 0.2) is 48.5 Å². The number of hydrogen-bond donors (Lipinski definition) is 3. The van der Waals surface area contributed by atoms with Crippen molar-refractivity contribution in [2.75, 3.05) is 18.8 Å². The average molecular weight is 551 g/mol. The SMILES string of the molecule is CC(CNS(=O)(=O)C(C)C)C1CCC(c2ccc(CCNS(=O)(=O)CCc3ccc(O)cc3)cc2)CC1. The molecule has 3 rings (SSSR count). The Morgan fingerprint density at radius 2 is 1.38 bits per heavy atom. The Morgan fingerprint density at radius 1 is 0.811 bits per heavy atom. The van der Waals surface area contributed by atoms with Gasteiger partial charge in [0.1, 0.15) is 5.75 Å². The molecule has 0 aromatic heterocycles. The van der Waals surface area contributed by atoms with Crippen LogP contribution >= 0.6 is 0 Å². The van der Waals surface area contributed by atoms with Crippen molar-refractivity contribution in [2.24, 2.45) is 11.8 Å². The Labute approximate surface area is 223 Å². The number of benzene rings is 2. The van der Waals surface area contributed by atoms with Gasteiger partial charge in [0.2, 0.25) is 20.0 Å². The van der Waals surface area contributed by atoms with Gasteiger partial charge in [0.15, 0.2) is 0 Å². The molecule has 1 aliphatic rings. The number of rotatable bonds is 13. The smallest absolute Gasteiger partial charge is 0.213 e. The molecule has 1 atom stereocenters. The van der Waals surface area contributed by atoms with E-state index >= 15 is 0 Å². The number of phenolic OH excluding ortho intramolecular Hbond substituents is 1. The molecule has 206 valence electrons. The Morgan fingerprint density at radius 3 is 1.97 bits per heavy atom. The summed E-state index contributed by atoms with van der Waals surface area (Å²) in [6, 6.07) is 15.1. The number of sulfonamides is 2. The van der Waals surface area contributed by atoms with Gasteiger partial charge < -0.3 is 5.11 Å². The molecule has 0 heterocycles. The first kappa shape index (κ1) is 29.6. The molecule has 37 heavy (non-hydrogen) atoms. The number of phenols is 1. The second-order valence-electron chi connectivity index (χ2n) is 10.7. The Hall–Kier alpha value is -1.94. The standard InChI is InChI=1S/C28H42N2O5S2/c1-21(2)37(34,35)30-20-22(3)25-10-12-27(13-11-25)26-8-4-23(5-9-26)16-18-29-36(32,33)19-17-24-6-14-28(31)15-7-24/h4-9,14-15,21-22,25,27,29-31H,10-13,16-20H2,1-3H3. The lowest BCUT2D eigenvalue weighted by molar-refractivity contribution is 0.246. The lowest BCUT2D eigenvalue weighted by Gasteiger charge is -2.32. The molecule has 0 saturated heterocycles. The zero-order chi connectivity index (χ0) is 27.1. The highest BCUT2D eigenvalue weighted by Crippen LogP contribution is 2.38. The highest BCUT2D eigenvalue weighted by Gasteiger charge is 2.27. The Bertz CT molecular complexity index is 1190. The van der Waals surface area contributed by atoms with Crippen LogP contribution in [0.2, 0.25) is 0 Å². The first-order valence-corrected chi connectivity index (χ1v) is 16.5. The summed E-state index contributed by atoms with van der Waals surface area (Å²) >= 11 is 0. The van der Waals surface area contributed by atoms with E-state index in [1.807, 2.05) is 0 Å². The van der Waals surface area contributed by atoms with E-state index in [4.69, 9.17) is 0 Å². The molecule has 9 heteroatoms. The molecule has 0 radical (unpaired) electrons. The van der Waals surface area contributed by atoms with Crippen molar-refractivity contribution >= 4 is 20.0 Å². The lowest BCUT2D eigenvalue weighted by atomic mass is 9.74. The minimum atomic E-state index is -3.36. The highest BCUT2D eigenvalue weighted by atomic mass is 32.2. The van der Waals surface area contributed by atoms with Crippen LogP contribution in [-0.4, -0.2) is 46.0 Å². The Kier molecular flexibility index (Phi) is 10.6. The summed E-state index contributed by atoms with van der Waals surface area (Å²) in [4.78, 5) is 0. The topological polar surface area (TPSA) is 113 Å². The van der Waals surface area contributed by atoms with Crippen LogP contribution in [0, 0.1) is 11.8 Å². The summed E-state index contributed by atoms with van der Waals surface area (Å²) in [6.45, 7) is 6.41. The first-order valence-electron chi connectivity index (χ1n) is 13.3. The summed E-state index contributed by atoms with van der Waals surface area (Å²) in [7, 11) is -6.58. The zero-order valence-corrected chi connectivity index (χ0v) is 23.8. The van der Waals surface area contributed by atoms with Crippen LogP contribution in [-0.2, 0) is 32.9 Å². The maximum Gasteiger partial charge on any atom is 0.213 e. The molecule has 3 N–H and O–H groups in total. The van der Waals surface area contributed by atoms with Gasteiger partial charge in [-0.05, 0) is 98.9 Å². The van der Waals surface area contributed by atoms with Crippen LogP contribution in [0.25, 0.3) is 0 Å². The van der Waals surface area contributed by atoms with E-state index in [2.05, 4.69) is 40.6 Å². The first-order chi connectivity index (χ1) is 17.4. The molecular weight excluding hydrogens is 508 g/mol. The molecular formula is C28H42N2O5S2. The second kappa shape index (κ2) is 13.2. The van der Waals surface area contributed by atoms with E-state index in [1.165, 1.54) is 5.56 Å². The van der Waals surface area contributed by atoms with Gasteiger partial charge in [-0.3, -0.25) is 0 Å². The third-order valence-electron chi connectivity index (χ3n) is 7.59. The van der Waals surface area contributed by atoms with Crippen LogP contribution < -0.4 is 9.44 Å². The molecule has 1 saturated carbocycles. The van der Waals surface area contributed by atoms with Gasteiger partial charge in [0, 0.05) is 13.1 Å². The summed E-state index contributed by atoms with van der Waals surface area (Å²) in [5.74, 6) is 1.56. The third-order valence-corrected chi connectivity index (χ3v) is 10.8. The van der Waals surface area contributed by atoms with E-state index in [0.29, 0.717) is 43.7 Å². The maximum atomic E-state index is 12.3. The van der Waals surface area contributed by atoms with Crippen molar-refractivity contribution in [3.63, 3.8) is 0 Å². The fourth-order valence-corrected chi connectivity index (χ4v) is 6.79. The molecule has 0 bridgehead atoms. The molecule has 1 fully saturated rings. The van der Waals surface area contributed by atoms with Crippen molar-refractivity contribution in [3.8, 4) is 5.75 Å². The van der Waals surface area contributed by atoms with Crippen molar-refractivity contribution in [1.82, 2.24) is 9.44 Å². The summed E-state index contributed by atoms with van der Waals surface area (Å²) in [5.41, 5.74) is 3.30. The summed E-state index contributed by atoms with van der Waals surface area (Å²) in [5, 5.41) is 8.93. The zero-order valence-electron chi connectivity index (χ0n) is 22.2. The van der Waals surface area contributed by atoms with E-state index in [-0.39, 0.29) is 11.5 Å². The second-order valence-corrected chi connectivity index (χ2v) is 14.9. The van der Waals surface area contributed by atoms with E-state index in [1.54, 1.807) is 38.1 Å². The van der Waals surface area contributed by atoms with Gasteiger partial charge in [-0.1, -0.05) is 43.3 Å². The largest absolute Gasteiger partial charge is 0.508 e. The Balaban J connectivity index is 1.39. The minimum Gasteiger partial charge on any atom is -0.508 e. The molecule has 0 aliphatic heterocycles. The van der Waals surface area contributed by atoms with E-state index in [9.17, 15) is 21.9 Å². The van der Waals surface area contributed by atoms with Gasteiger partial charge in [0.25, 0.3) is 0 Å². The van der Waals surface area contributed by atoms with Gasteiger partial charge in [-0.2, -0.15) is 0 Å². The molecule has 2 aromatic rings. The van der Waals surface area contributed by atoms with Gasteiger partial charge in [0.05, 0.1) is 11.0 Å². The van der Waals surface area contributed by atoms with Crippen molar-refractivity contribution in [2.45, 2.75) is 70.5 Å². The summed E-state index contributed by atoms with van der Waals surface area (Å²) in [6.07, 6.45) is 5.44. The third kappa shape index (κ3) is 9.39. The van der Waals surface area contributed by atoms with E-state index in [0.717, 1.165) is 36.8 Å². The predicted molar refractivity (Wildman–Crippen MR) is 150 cm³/mol. The van der Waals surface area contributed by atoms with Gasteiger partial charge >= 0.3 is 0 Å². The summed E-state index contributed by atoms with van der Waals surface area (Å²) < 4.78 is 54.2. The van der Waals surface area contributed by atoms with E-state index < -0.39 is 25.3 Å². The van der Waals surface area contributed by atoms with Crippen LogP contribution in [0.1, 0.15) is 69.1 Å². The number of hydrogen-bond acceptors (Lipinski definition) is 5. The van der Waals surface area contributed by atoms with Crippen molar-refractivity contribution < 1.29 is 21.9 Å². The average Bonchev–Trinajstić information content (AvgIpc) is 2.87. The lowest BCUT2D eigenvalue weighted by Crippen LogP contribution is -2.36. The number of aryl methyl sites for hydroxylation is 1. The van der Waals surface area contributed by atoms with Crippen LogP contribution in [0.5, 0.6) is 5.75 Å². The molecule has 7 nitrogen and oxygen atoms in total. The van der Waals surface area contributed by atoms with Crippen LogP contribution in [0.3, 0.4) is 0 Å². The van der Waals surface area contributed by atoms with Crippen molar-refractivity contribution in [1.29, 1.82) is 0 Å². The molecule has 0 amide bonds. The highest BCUT2D eigenvalue weighted by molar-refractivity contribution is 7.90. The molecule has 1 aliphatic carbocycles. The number of nitrogens with one attached hydrogen (secondary N) is 2. The molecule has 2 aromatic carbocycles. The van der Waals surface area contributed by atoms with Gasteiger partial charge in [-0.25, -0.2) is 26.3 Å². The minimum absolute atomic E-state index is 0.0155. The van der Waals surface area contributed by atoms with Gasteiger partial charge in [-0.15, -0.1) is 0 Å². The quantitative estimate of drug-likeness (QED) is 0.344. The molecule has 0 spiro atoms. The maximum absolute atomic E-state index is 12.3. The van der Waals surface area contributed by atoms with Crippen molar-refractivity contribution in [3.05, 3.63) is 65.2 Å². The molecule has 1 unspecified atom stereocenters.